The van der Waals surface area contributed by atoms with Gasteiger partial charge in [0.2, 0.25) is 5.91 Å². The number of rotatable bonds is 10. The highest BCUT2D eigenvalue weighted by Gasteiger charge is 2.41. The molecule has 0 bridgehead atoms. The average molecular weight is 515 g/mol. The zero-order valence-corrected chi connectivity index (χ0v) is 22.3. The molecule has 0 spiro atoms. The summed E-state index contributed by atoms with van der Waals surface area (Å²) >= 11 is 1.52. The Bertz CT molecular complexity index is 1360. The zero-order valence-electron chi connectivity index (χ0n) is 21.5. The van der Waals surface area contributed by atoms with Crippen molar-refractivity contribution in [2.24, 2.45) is 0 Å². The zero-order chi connectivity index (χ0) is 25.7. The highest BCUT2D eigenvalue weighted by molar-refractivity contribution is 7.13. The Morgan fingerprint density at radius 2 is 1.92 bits per heavy atom. The van der Waals surface area contributed by atoms with E-state index in [0.717, 1.165) is 68.0 Å². The summed E-state index contributed by atoms with van der Waals surface area (Å²) in [5.74, 6) is 1.83. The van der Waals surface area contributed by atoms with E-state index in [2.05, 4.69) is 62.4 Å². The van der Waals surface area contributed by atoms with Crippen molar-refractivity contribution in [3.8, 4) is 16.9 Å². The van der Waals surface area contributed by atoms with Gasteiger partial charge in [-0.25, -0.2) is 0 Å². The highest BCUT2D eigenvalue weighted by atomic mass is 32.1. The molecule has 1 unspecified atom stereocenters. The van der Waals surface area contributed by atoms with E-state index >= 15 is 0 Å². The van der Waals surface area contributed by atoms with E-state index in [-0.39, 0.29) is 11.6 Å². The topological polar surface area (TPSA) is 66.5 Å². The summed E-state index contributed by atoms with van der Waals surface area (Å²) in [4.78, 5) is 14.7. The molecule has 1 aliphatic rings. The number of nitrogens with one attached hydrogen (secondary N) is 2. The third-order valence-corrected chi connectivity index (χ3v) is 8.02. The normalized spacial score (nSPS) is 17.7. The average Bonchev–Trinajstić information content (AvgIpc) is 3.50. The van der Waals surface area contributed by atoms with E-state index in [1.807, 2.05) is 30.3 Å². The molecule has 1 fully saturated rings. The quantitative estimate of drug-likeness (QED) is 0.243. The standard InChI is InChI=1S/C30H34N4O2S/c1-22(35)32-30(16-8-18-31-29-26-12-6-7-13-28(26)37-33-29)17-9-19-34(30)21-23-14-15-25(27(20-23)36-2)24-10-4-3-5-11-24/h3-7,10-15,20H,8-9,16-19,21H2,1-2H3,(H,31,33)(H,32,35). The van der Waals surface area contributed by atoms with Crippen LogP contribution >= 0.6 is 11.5 Å². The smallest absolute Gasteiger partial charge is 0.218 e. The van der Waals surface area contributed by atoms with Gasteiger partial charge in [0.25, 0.3) is 0 Å². The summed E-state index contributed by atoms with van der Waals surface area (Å²) in [7, 11) is 1.72. The van der Waals surface area contributed by atoms with Gasteiger partial charge in [-0.3, -0.25) is 9.69 Å². The molecule has 1 aromatic heterocycles. The molecular weight excluding hydrogens is 480 g/mol. The molecule has 1 atom stereocenters. The fourth-order valence-electron chi connectivity index (χ4n) is 5.49. The fourth-order valence-corrected chi connectivity index (χ4v) is 6.25. The van der Waals surface area contributed by atoms with E-state index < -0.39 is 0 Å². The van der Waals surface area contributed by atoms with Crippen LogP contribution in [0.15, 0.2) is 72.8 Å². The monoisotopic (exact) mass is 514 g/mol. The van der Waals surface area contributed by atoms with Gasteiger partial charge < -0.3 is 15.4 Å². The molecule has 3 aromatic carbocycles. The van der Waals surface area contributed by atoms with Crippen molar-refractivity contribution >= 4 is 33.3 Å². The number of likely N-dealkylation sites (tertiary alicyclic amines) is 1. The van der Waals surface area contributed by atoms with Crippen LogP contribution in [0.3, 0.4) is 0 Å². The fraction of sp³-hybridized carbons (Fsp3) is 0.333. The van der Waals surface area contributed by atoms with Crippen molar-refractivity contribution in [3.05, 3.63) is 78.4 Å². The second-order valence-corrected chi connectivity index (χ2v) is 10.5. The minimum atomic E-state index is -0.344. The Hall–Kier alpha value is -3.42. The number of nitrogens with zero attached hydrogens (tertiary/aromatic N) is 2. The van der Waals surface area contributed by atoms with Gasteiger partial charge in [0.05, 0.1) is 17.5 Å². The molecule has 0 radical (unpaired) electrons. The molecule has 192 valence electrons. The van der Waals surface area contributed by atoms with Crippen molar-refractivity contribution < 1.29 is 9.53 Å². The Balaban J connectivity index is 1.28. The van der Waals surface area contributed by atoms with Crippen molar-refractivity contribution in [1.29, 1.82) is 0 Å². The van der Waals surface area contributed by atoms with Crippen LogP contribution in [0.2, 0.25) is 0 Å². The second kappa shape index (κ2) is 11.3. The van der Waals surface area contributed by atoms with Gasteiger partial charge >= 0.3 is 0 Å². The maximum absolute atomic E-state index is 12.3. The lowest BCUT2D eigenvalue weighted by Crippen LogP contribution is -2.56. The molecule has 1 aliphatic heterocycles. The Morgan fingerprint density at radius 1 is 1.11 bits per heavy atom. The lowest BCUT2D eigenvalue weighted by Gasteiger charge is -2.39. The number of anilines is 1. The highest BCUT2D eigenvalue weighted by Crippen LogP contribution is 2.36. The number of methoxy groups -OCH3 is 1. The van der Waals surface area contributed by atoms with Crippen LogP contribution in [-0.2, 0) is 11.3 Å². The third-order valence-electron chi connectivity index (χ3n) is 7.19. The van der Waals surface area contributed by atoms with Gasteiger partial charge in [-0.15, -0.1) is 0 Å². The Labute approximate surface area is 222 Å². The number of carbonyl (C=O) groups is 1. The van der Waals surface area contributed by atoms with Gasteiger partial charge in [0.1, 0.15) is 11.6 Å². The summed E-state index contributed by atoms with van der Waals surface area (Å²) < 4.78 is 11.5. The molecule has 0 aliphatic carbocycles. The number of carbonyl (C=O) groups excluding carboxylic acids is 1. The predicted molar refractivity (Wildman–Crippen MR) is 152 cm³/mol. The van der Waals surface area contributed by atoms with Crippen LogP contribution in [0, 0.1) is 0 Å². The molecule has 5 rings (SSSR count). The van der Waals surface area contributed by atoms with Crippen LogP contribution in [0.25, 0.3) is 21.2 Å². The van der Waals surface area contributed by atoms with Crippen LogP contribution in [0.5, 0.6) is 5.75 Å². The van der Waals surface area contributed by atoms with Crippen molar-refractivity contribution in [1.82, 2.24) is 14.6 Å². The first-order valence-electron chi connectivity index (χ1n) is 12.9. The molecule has 7 heteroatoms. The second-order valence-electron chi connectivity index (χ2n) is 9.70. The van der Waals surface area contributed by atoms with E-state index in [1.54, 1.807) is 14.0 Å². The molecule has 2 N–H and O–H groups in total. The lowest BCUT2D eigenvalue weighted by atomic mass is 9.98. The Kier molecular flexibility index (Phi) is 7.72. The summed E-state index contributed by atoms with van der Waals surface area (Å²) in [6, 6.07) is 25.1. The molecular formula is C30H34N4O2S. The number of fused-ring (bicyclic) bond motifs is 1. The number of benzene rings is 3. The third kappa shape index (κ3) is 5.63. The molecule has 1 amide bonds. The predicted octanol–water partition coefficient (Wildman–Crippen LogP) is 6.29. The van der Waals surface area contributed by atoms with Gasteiger partial charge in [0.15, 0.2) is 0 Å². The molecule has 0 saturated carbocycles. The molecule has 2 heterocycles. The van der Waals surface area contributed by atoms with E-state index in [0.29, 0.717) is 0 Å². The van der Waals surface area contributed by atoms with Crippen LogP contribution in [0.1, 0.15) is 38.2 Å². The van der Waals surface area contributed by atoms with Gasteiger partial charge in [-0.2, -0.15) is 4.37 Å². The first-order chi connectivity index (χ1) is 18.1. The molecule has 6 nitrogen and oxygen atoms in total. The number of hydrogen-bond donors (Lipinski definition) is 2. The largest absolute Gasteiger partial charge is 0.496 e. The first-order valence-corrected chi connectivity index (χ1v) is 13.7. The van der Waals surface area contributed by atoms with Crippen molar-refractivity contribution in [2.45, 2.75) is 44.8 Å². The summed E-state index contributed by atoms with van der Waals surface area (Å²) in [5, 5.41) is 8.01. The number of amides is 1. The maximum Gasteiger partial charge on any atom is 0.218 e. The van der Waals surface area contributed by atoms with Gasteiger partial charge in [0, 0.05) is 37.5 Å². The van der Waals surface area contributed by atoms with Crippen molar-refractivity contribution in [2.75, 3.05) is 25.5 Å². The summed E-state index contributed by atoms with van der Waals surface area (Å²) in [6.45, 7) is 4.14. The van der Waals surface area contributed by atoms with Crippen molar-refractivity contribution in [3.63, 3.8) is 0 Å². The van der Waals surface area contributed by atoms with Crippen LogP contribution in [-0.4, -0.2) is 41.0 Å². The molecule has 1 saturated heterocycles. The first kappa shape index (κ1) is 25.2. The summed E-state index contributed by atoms with van der Waals surface area (Å²) in [5.41, 5.74) is 3.06. The molecule has 37 heavy (non-hydrogen) atoms. The van der Waals surface area contributed by atoms with E-state index in [4.69, 9.17) is 4.74 Å². The number of hydrogen-bond acceptors (Lipinski definition) is 6. The lowest BCUT2D eigenvalue weighted by molar-refractivity contribution is -0.123. The van der Waals surface area contributed by atoms with E-state index in [9.17, 15) is 4.79 Å². The van der Waals surface area contributed by atoms with Crippen LogP contribution in [0.4, 0.5) is 5.82 Å². The van der Waals surface area contributed by atoms with Gasteiger partial charge in [-0.05, 0) is 66.5 Å². The molecule has 4 aromatic rings. The van der Waals surface area contributed by atoms with E-state index in [1.165, 1.54) is 27.2 Å². The van der Waals surface area contributed by atoms with Gasteiger partial charge in [-0.1, -0.05) is 54.6 Å². The number of aromatic nitrogens is 1. The van der Waals surface area contributed by atoms with Crippen LogP contribution < -0.4 is 15.4 Å². The SMILES string of the molecule is COc1cc(CN2CCCC2(CCCNc2nsc3ccccc23)NC(C)=O)ccc1-c1ccccc1. The minimum Gasteiger partial charge on any atom is -0.496 e. The number of ether oxygens (including phenoxy) is 1. The Morgan fingerprint density at radius 3 is 2.73 bits per heavy atom. The maximum atomic E-state index is 12.3. The summed E-state index contributed by atoms with van der Waals surface area (Å²) in [6.07, 6.45) is 3.81. The minimum absolute atomic E-state index is 0.0161.